The molecule has 0 bridgehead atoms. The van der Waals surface area contributed by atoms with E-state index in [-0.39, 0.29) is 18.4 Å². The first-order valence-corrected chi connectivity index (χ1v) is 10.9. The maximum absolute atomic E-state index is 12.5. The average molecular weight is 460 g/mol. The van der Waals surface area contributed by atoms with Crippen molar-refractivity contribution in [2.24, 2.45) is 4.99 Å². The van der Waals surface area contributed by atoms with Gasteiger partial charge in [-0.1, -0.05) is 36.4 Å². The van der Waals surface area contributed by atoms with Gasteiger partial charge < -0.3 is 20.1 Å². The molecular formula is C25H21N3O4S. The lowest BCUT2D eigenvalue weighted by atomic mass is 10.2. The summed E-state index contributed by atoms with van der Waals surface area (Å²) >= 11 is 1.24. The number of anilines is 1. The number of thioether (sulfide) groups is 1. The number of aliphatic imine (C=N–C) groups is 1. The minimum atomic E-state index is -0.273. The SMILES string of the molecule is COc1ccc(N=C2NC(=O)C(=Cc3ccccc3OCC(=O)Nc3ccccc3)S2)cc1. The van der Waals surface area contributed by atoms with Gasteiger partial charge in [-0.15, -0.1) is 0 Å². The third-order valence-corrected chi connectivity index (χ3v) is 5.49. The van der Waals surface area contributed by atoms with Crippen LogP contribution in [-0.2, 0) is 9.59 Å². The summed E-state index contributed by atoms with van der Waals surface area (Å²) in [6, 6.07) is 23.6. The standard InChI is InChI=1S/C25H21N3O4S/c1-31-20-13-11-19(12-14-20)27-25-28-24(30)22(33-25)15-17-7-5-6-10-21(17)32-16-23(29)26-18-8-3-2-4-9-18/h2-15H,16H2,1H3,(H,26,29)(H,27,28,30). The number of carbonyl (C=O) groups excluding carboxylic acids is 2. The lowest BCUT2D eigenvalue weighted by Gasteiger charge is -2.10. The van der Waals surface area contributed by atoms with Gasteiger partial charge >= 0.3 is 0 Å². The van der Waals surface area contributed by atoms with Gasteiger partial charge in [0.2, 0.25) is 0 Å². The van der Waals surface area contributed by atoms with Crippen molar-refractivity contribution in [3.8, 4) is 11.5 Å². The first-order valence-electron chi connectivity index (χ1n) is 10.1. The third kappa shape index (κ3) is 6.02. The van der Waals surface area contributed by atoms with Gasteiger partial charge in [0.05, 0.1) is 17.7 Å². The second-order valence-corrected chi connectivity index (χ2v) is 7.95. The molecule has 1 saturated heterocycles. The highest BCUT2D eigenvalue weighted by Gasteiger charge is 2.24. The van der Waals surface area contributed by atoms with Gasteiger partial charge in [0, 0.05) is 11.3 Å². The summed E-state index contributed by atoms with van der Waals surface area (Å²) in [5.74, 6) is 0.716. The van der Waals surface area contributed by atoms with Crippen molar-refractivity contribution in [2.75, 3.05) is 19.0 Å². The second-order valence-electron chi connectivity index (χ2n) is 6.92. The first-order chi connectivity index (χ1) is 16.1. The van der Waals surface area contributed by atoms with E-state index >= 15 is 0 Å². The van der Waals surface area contributed by atoms with Crippen molar-refractivity contribution in [1.29, 1.82) is 0 Å². The number of carbonyl (C=O) groups is 2. The monoisotopic (exact) mass is 459 g/mol. The molecule has 0 unspecified atom stereocenters. The third-order valence-electron chi connectivity index (χ3n) is 4.58. The maximum atomic E-state index is 12.5. The number of hydrogen-bond donors (Lipinski definition) is 2. The number of nitrogens with zero attached hydrogens (tertiary/aromatic N) is 1. The van der Waals surface area contributed by atoms with Crippen molar-refractivity contribution in [2.45, 2.75) is 0 Å². The van der Waals surface area contributed by atoms with Gasteiger partial charge in [0.25, 0.3) is 11.8 Å². The Kier molecular flexibility index (Phi) is 7.06. The molecule has 4 rings (SSSR count). The van der Waals surface area contributed by atoms with Gasteiger partial charge in [-0.2, -0.15) is 0 Å². The molecule has 33 heavy (non-hydrogen) atoms. The molecule has 8 heteroatoms. The highest BCUT2D eigenvalue weighted by Crippen LogP contribution is 2.31. The van der Waals surface area contributed by atoms with Crippen molar-refractivity contribution in [3.05, 3.63) is 89.3 Å². The summed E-state index contributed by atoms with van der Waals surface area (Å²) in [7, 11) is 1.60. The van der Waals surface area contributed by atoms with Crippen molar-refractivity contribution < 1.29 is 19.1 Å². The van der Waals surface area contributed by atoms with Crippen LogP contribution in [0.15, 0.2) is 88.8 Å². The molecule has 1 aliphatic rings. The molecule has 166 valence electrons. The summed E-state index contributed by atoms with van der Waals surface area (Å²) in [6.45, 7) is -0.154. The summed E-state index contributed by atoms with van der Waals surface area (Å²) < 4.78 is 10.9. The smallest absolute Gasteiger partial charge is 0.264 e. The van der Waals surface area contributed by atoms with Crippen LogP contribution in [0.5, 0.6) is 11.5 Å². The number of nitrogens with one attached hydrogen (secondary N) is 2. The Labute approximate surface area is 195 Å². The lowest BCUT2D eigenvalue weighted by molar-refractivity contribution is -0.118. The van der Waals surface area contributed by atoms with Gasteiger partial charge in [0.15, 0.2) is 11.8 Å². The number of ether oxygens (including phenoxy) is 2. The van der Waals surface area contributed by atoms with E-state index in [1.165, 1.54) is 11.8 Å². The Morgan fingerprint density at radius 3 is 2.52 bits per heavy atom. The molecule has 0 atom stereocenters. The summed E-state index contributed by atoms with van der Waals surface area (Å²) in [6.07, 6.45) is 1.72. The van der Waals surface area contributed by atoms with E-state index in [2.05, 4.69) is 15.6 Å². The molecule has 7 nitrogen and oxygen atoms in total. The van der Waals surface area contributed by atoms with Gasteiger partial charge in [-0.25, -0.2) is 4.99 Å². The van der Waals surface area contributed by atoms with E-state index < -0.39 is 0 Å². The fraction of sp³-hybridized carbons (Fsp3) is 0.0800. The van der Waals surface area contributed by atoms with Gasteiger partial charge in [-0.05, 0) is 60.3 Å². The molecule has 0 aromatic heterocycles. The molecule has 1 fully saturated rings. The average Bonchev–Trinajstić information content (AvgIpc) is 3.18. The zero-order chi connectivity index (χ0) is 23.0. The Bertz CT molecular complexity index is 1210. The Morgan fingerprint density at radius 2 is 1.76 bits per heavy atom. The predicted octanol–water partition coefficient (Wildman–Crippen LogP) is 4.60. The predicted molar refractivity (Wildman–Crippen MR) is 131 cm³/mol. The summed E-state index contributed by atoms with van der Waals surface area (Å²) in [5, 5.41) is 6.03. The fourth-order valence-corrected chi connectivity index (χ4v) is 3.82. The number of rotatable bonds is 7. The molecule has 1 aliphatic heterocycles. The number of methoxy groups -OCH3 is 1. The van der Waals surface area contributed by atoms with E-state index in [1.807, 2.05) is 48.5 Å². The molecule has 2 amide bonds. The van der Waals surface area contributed by atoms with Crippen LogP contribution in [0.1, 0.15) is 5.56 Å². The van der Waals surface area contributed by atoms with Crippen molar-refractivity contribution in [1.82, 2.24) is 5.32 Å². The van der Waals surface area contributed by atoms with Crippen LogP contribution in [0.2, 0.25) is 0 Å². The largest absolute Gasteiger partial charge is 0.497 e. The van der Waals surface area contributed by atoms with Crippen LogP contribution in [0, 0.1) is 0 Å². The van der Waals surface area contributed by atoms with Crippen molar-refractivity contribution >= 4 is 46.2 Å². The first kappa shape index (κ1) is 22.2. The zero-order valence-corrected chi connectivity index (χ0v) is 18.6. The summed E-state index contributed by atoms with van der Waals surface area (Å²) in [4.78, 5) is 29.6. The maximum Gasteiger partial charge on any atom is 0.264 e. The number of hydrogen-bond acceptors (Lipinski definition) is 6. The van der Waals surface area contributed by atoms with E-state index in [0.29, 0.717) is 32.8 Å². The van der Waals surface area contributed by atoms with Gasteiger partial charge in [0.1, 0.15) is 11.5 Å². The van der Waals surface area contributed by atoms with E-state index in [4.69, 9.17) is 9.47 Å². The molecule has 1 heterocycles. The van der Waals surface area contributed by atoms with Crippen LogP contribution in [0.3, 0.4) is 0 Å². The Morgan fingerprint density at radius 1 is 1.03 bits per heavy atom. The minimum Gasteiger partial charge on any atom is -0.497 e. The molecule has 0 radical (unpaired) electrons. The normalized spacial score (nSPS) is 15.4. The Hall–Kier alpha value is -4.04. The number of benzene rings is 3. The number of para-hydroxylation sites is 2. The molecular weight excluding hydrogens is 438 g/mol. The van der Waals surface area contributed by atoms with E-state index in [9.17, 15) is 9.59 Å². The minimum absolute atomic E-state index is 0.154. The number of amidine groups is 1. The van der Waals surface area contributed by atoms with Gasteiger partial charge in [-0.3, -0.25) is 9.59 Å². The van der Waals surface area contributed by atoms with E-state index in [0.717, 1.165) is 5.75 Å². The van der Waals surface area contributed by atoms with E-state index in [1.54, 1.807) is 43.5 Å². The zero-order valence-electron chi connectivity index (χ0n) is 17.8. The Balaban J connectivity index is 1.43. The molecule has 0 aliphatic carbocycles. The van der Waals surface area contributed by atoms with Crippen molar-refractivity contribution in [3.63, 3.8) is 0 Å². The molecule has 2 N–H and O–H groups in total. The summed E-state index contributed by atoms with van der Waals surface area (Å²) in [5.41, 5.74) is 2.09. The lowest BCUT2D eigenvalue weighted by Crippen LogP contribution is -2.20. The molecule has 3 aromatic carbocycles. The topological polar surface area (TPSA) is 89.0 Å². The highest BCUT2D eigenvalue weighted by atomic mass is 32.2. The number of amides is 2. The van der Waals surface area contributed by atoms with Crippen LogP contribution < -0.4 is 20.1 Å². The molecule has 3 aromatic rings. The quantitative estimate of drug-likeness (QED) is 0.504. The second kappa shape index (κ2) is 10.5. The fourth-order valence-electron chi connectivity index (χ4n) is 2.99. The van der Waals surface area contributed by atoms with Crippen LogP contribution in [-0.4, -0.2) is 30.7 Å². The van der Waals surface area contributed by atoms with Crippen LogP contribution >= 0.6 is 11.8 Å². The molecule has 0 spiro atoms. The van der Waals surface area contributed by atoms with Crippen LogP contribution in [0.4, 0.5) is 11.4 Å². The van der Waals surface area contributed by atoms with Crippen LogP contribution in [0.25, 0.3) is 6.08 Å². The highest BCUT2D eigenvalue weighted by molar-refractivity contribution is 8.18. The molecule has 0 saturated carbocycles.